The fourth-order valence-corrected chi connectivity index (χ4v) is 3.00. The molecule has 0 aliphatic rings. The Labute approximate surface area is 135 Å². The first kappa shape index (κ1) is 18.1. The lowest BCUT2D eigenvalue weighted by Gasteiger charge is -2.26. The summed E-state index contributed by atoms with van der Waals surface area (Å²) in [4.78, 5) is 7.80. The van der Waals surface area contributed by atoms with Gasteiger partial charge in [-0.3, -0.25) is 9.88 Å². The molecule has 0 aliphatic heterocycles. The minimum Gasteiger partial charge on any atom is -0.366 e. The third-order valence-electron chi connectivity index (χ3n) is 3.51. The van der Waals surface area contributed by atoms with Gasteiger partial charge in [0.1, 0.15) is 0 Å². The molecule has 4 heteroatoms. The van der Waals surface area contributed by atoms with Crippen LogP contribution in [-0.4, -0.2) is 34.6 Å². The Balaban J connectivity index is 2.66. The predicted octanol–water partition coefficient (Wildman–Crippen LogP) is 3.82. The molecule has 3 nitrogen and oxygen atoms in total. The molecule has 1 unspecified atom stereocenters. The molecule has 1 atom stereocenters. The average Bonchev–Trinajstić information content (AvgIpc) is 2.46. The van der Waals surface area contributed by atoms with Crippen molar-refractivity contribution in [2.75, 3.05) is 19.8 Å². The zero-order valence-corrected chi connectivity index (χ0v) is 14.6. The molecular weight excluding hydrogens is 278 g/mol. The van der Waals surface area contributed by atoms with Crippen molar-refractivity contribution in [3.63, 3.8) is 0 Å². The standard InChI is InChI=1S/C17H29N3S/c1-5-11-20(12-6-2)13-19-17(21)16(14(3)4)15-9-7-8-10-18-15/h7-10,14,16H,5-6,11-13H2,1-4H3,(H,19,21). The third-order valence-corrected chi connectivity index (χ3v) is 3.91. The number of hydrogen-bond acceptors (Lipinski definition) is 3. The number of aromatic nitrogens is 1. The SMILES string of the molecule is CCCN(CCC)CNC(=S)C(c1ccccn1)C(C)C. The summed E-state index contributed by atoms with van der Waals surface area (Å²) in [6.07, 6.45) is 4.18. The van der Waals surface area contributed by atoms with Gasteiger partial charge in [0.2, 0.25) is 0 Å². The second kappa shape index (κ2) is 9.85. The van der Waals surface area contributed by atoms with Crippen LogP contribution in [0.25, 0.3) is 0 Å². The number of nitrogens with zero attached hydrogens (tertiary/aromatic N) is 2. The molecule has 118 valence electrons. The Morgan fingerprint density at radius 3 is 2.38 bits per heavy atom. The smallest absolute Gasteiger partial charge is 0.0857 e. The summed E-state index contributed by atoms with van der Waals surface area (Å²) in [6.45, 7) is 11.9. The van der Waals surface area contributed by atoms with E-state index in [4.69, 9.17) is 12.2 Å². The molecule has 1 N–H and O–H groups in total. The number of pyridine rings is 1. The van der Waals surface area contributed by atoms with Gasteiger partial charge in [-0.2, -0.15) is 0 Å². The van der Waals surface area contributed by atoms with Crippen LogP contribution in [-0.2, 0) is 0 Å². The monoisotopic (exact) mass is 307 g/mol. The number of rotatable bonds is 9. The van der Waals surface area contributed by atoms with Gasteiger partial charge < -0.3 is 5.32 Å². The van der Waals surface area contributed by atoms with Gasteiger partial charge in [0.25, 0.3) is 0 Å². The summed E-state index contributed by atoms with van der Waals surface area (Å²) in [5.41, 5.74) is 1.06. The van der Waals surface area contributed by atoms with Crippen LogP contribution >= 0.6 is 12.2 Å². The highest BCUT2D eigenvalue weighted by Gasteiger charge is 2.22. The van der Waals surface area contributed by atoms with E-state index in [0.717, 1.165) is 30.4 Å². The molecule has 1 aromatic heterocycles. The van der Waals surface area contributed by atoms with E-state index in [-0.39, 0.29) is 5.92 Å². The zero-order chi connectivity index (χ0) is 15.7. The fourth-order valence-electron chi connectivity index (χ4n) is 2.54. The molecule has 0 bridgehead atoms. The van der Waals surface area contributed by atoms with Crippen molar-refractivity contribution in [1.29, 1.82) is 0 Å². The lowest BCUT2D eigenvalue weighted by Crippen LogP contribution is -2.40. The van der Waals surface area contributed by atoms with E-state index < -0.39 is 0 Å². The molecule has 21 heavy (non-hydrogen) atoms. The van der Waals surface area contributed by atoms with Crippen molar-refractivity contribution in [3.05, 3.63) is 30.1 Å². The van der Waals surface area contributed by atoms with Crippen molar-refractivity contribution in [2.45, 2.75) is 46.5 Å². The molecule has 0 aliphatic carbocycles. The van der Waals surface area contributed by atoms with E-state index in [2.05, 4.69) is 49.0 Å². The van der Waals surface area contributed by atoms with Gasteiger partial charge in [-0.05, 0) is 44.0 Å². The molecule has 0 saturated carbocycles. The van der Waals surface area contributed by atoms with E-state index in [9.17, 15) is 0 Å². The van der Waals surface area contributed by atoms with E-state index in [1.807, 2.05) is 18.3 Å². The van der Waals surface area contributed by atoms with Gasteiger partial charge in [-0.1, -0.05) is 46.0 Å². The minimum atomic E-state index is 0.186. The average molecular weight is 308 g/mol. The Hall–Kier alpha value is -1.00. The Kier molecular flexibility index (Phi) is 8.47. The molecular formula is C17H29N3S. The number of hydrogen-bond donors (Lipinski definition) is 1. The Morgan fingerprint density at radius 1 is 1.24 bits per heavy atom. The Bertz CT molecular complexity index is 400. The van der Waals surface area contributed by atoms with Crippen LogP contribution in [0.15, 0.2) is 24.4 Å². The third kappa shape index (κ3) is 6.10. The summed E-state index contributed by atoms with van der Waals surface area (Å²) in [7, 11) is 0. The first-order valence-electron chi connectivity index (χ1n) is 8.01. The highest BCUT2D eigenvalue weighted by Crippen LogP contribution is 2.23. The first-order valence-corrected chi connectivity index (χ1v) is 8.41. The van der Waals surface area contributed by atoms with Crippen molar-refractivity contribution in [1.82, 2.24) is 15.2 Å². The normalized spacial score (nSPS) is 12.7. The molecule has 0 aromatic carbocycles. The van der Waals surface area contributed by atoms with Crippen molar-refractivity contribution >= 4 is 17.2 Å². The molecule has 0 saturated heterocycles. The summed E-state index contributed by atoms with van der Waals surface area (Å²) < 4.78 is 0. The van der Waals surface area contributed by atoms with Crippen LogP contribution in [0.1, 0.15) is 52.1 Å². The maximum absolute atomic E-state index is 5.64. The molecule has 1 heterocycles. The van der Waals surface area contributed by atoms with Crippen LogP contribution in [0.5, 0.6) is 0 Å². The molecule has 1 aromatic rings. The fraction of sp³-hybridized carbons (Fsp3) is 0.647. The van der Waals surface area contributed by atoms with Gasteiger partial charge in [-0.15, -0.1) is 0 Å². The van der Waals surface area contributed by atoms with Crippen molar-refractivity contribution in [2.24, 2.45) is 5.92 Å². The molecule has 0 amide bonds. The summed E-state index contributed by atoms with van der Waals surface area (Å²) in [6, 6.07) is 6.04. The summed E-state index contributed by atoms with van der Waals surface area (Å²) in [5, 5.41) is 3.45. The highest BCUT2D eigenvalue weighted by molar-refractivity contribution is 7.80. The van der Waals surface area contributed by atoms with Crippen LogP contribution < -0.4 is 5.32 Å². The minimum absolute atomic E-state index is 0.186. The van der Waals surface area contributed by atoms with Gasteiger partial charge in [-0.25, -0.2) is 0 Å². The Morgan fingerprint density at radius 2 is 1.90 bits per heavy atom. The summed E-state index contributed by atoms with van der Waals surface area (Å²) >= 11 is 5.64. The van der Waals surface area contributed by atoms with Crippen LogP contribution in [0.2, 0.25) is 0 Å². The molecule has 0 radical (unpaired) electrons. The molecule has 0 fully saturated rings. The number of nitrogens with one attached hydrogen (secondary N) is 1. The van der Waals surface area contributed by atoms with E-state index in [0.29, 0.717) is 5.92 Å². The molecule has 0 spiro atoms. The van der Waals surface area contributed by atoms with E-state index in [1.54, 1.807) is 0 Å². The van der Waals surface area contributed by atoms with Crippen LogP contribution in [0, 0.1) is 5.92 Å². The topological polar surface area (TPSA) is 28.2 Å². The maximum atomic E-state index is 5.64. The van der Waals surface area contributed by atoms with E-state index >= 15 is 0 Å². The second-order valence-electron chi connectivity index (χ2n) is 5.79. The summed E-state index contributed by atoms with van der Waals surface area (Å²) in [5.74, 6) is 0.622. The maximum Gasteiger partial charge on any atom is 0.0857 e. The first-order chi connectivity index (χ1) is 10.1. The zero-order valence-electron chi connectivity index (χ0n) is 13.8. The van der Waals surface area contributed by atoms with Crippen molar-refractivity contribution in [3.8, 4) is 0 Å². The lowest BCUT2D eigenvalue weighted by molar-refractivity contribution is 0.269. The number of thiocarbonyl (C=S) groups is 1. The van der Waals surface area contributed by atoms with Crippen LogP contribution in [0.4, 0.5) is 0 Å². The largest absolute Gasteiger partial charge is 0.366 e. The molecule has 1 rings (SSSR count). The van der Waals surface area contributed by atoms with Gasteiger partial charge >= 0.3 is 0 Å². The van der Waals surface area contributed by atoms with Gasteiger partial charge in [0, 0.05) is 6.20 Å². The van der Waals surface area contributed by atoms with Gasteiger partial charge in [0.15, 0.2) is 0 Å². The van der Waals surface area contributed by atoms with E-state index in [1.165, 1.54) is 12.8 Å². The lowest BCUT2D eigenvalue weighted by atomic mass is 9.92. The quantitative estimate of drug-likeness (QED) is 0.554. The predicted molar refractivity (Wildman–Crippen MR) is 94.6 cm³/mol. The van der Waals surface area contributed by atoms with Crippen LogP contribution in [0.3, 0.4) is 0 Å². The second-order valence-corrected chi connectivity index (χ2v) is 6.23. The van der Waals surface area contributed by atoms with Gasteiger partial charge in [0.05, 0.1) is 23.3 Å². The van der Waals surface area contributed by atoms with Crippen molar-refractivity contribution < 1.29 is 0 Å². The highest BCUT2D eigenvalue weighted by atomic mass is 32.1.